The Labute approximate surface area is 127 Å². The van der Waals surface area contributed by atoms with Gasteiger partial charge in [0.2, 0.25) is 0 Å². The van der Waals surface area contributed by atoms with Gasteiger partial charge >= 0.3 is 0 Å². The van der Waals surface area contributed by atoms with Gasteiger partial charge in [0.05, 0.1) is 7.11 Å². The molecular weight excluding hydrogens is 258 g/mol. The minimum absolute atomic E-state index is 0.128. The molecule has 0 amide bonds. The van der Waals surface area contributed by atoms with Crippen molar-refractivity contribution in [3.05, 3.63) is 54.1 Å². The van der Waals surface area contributed by atoms with E-state index in [0.717, 1.165) is 28.1 Å². The third-order valence-electron chi connectivity index (χ3n) is 3.27. The van der Waals surface area contributed by atoms with E-state index < -0.39 is 0 Å². The second kappa shape index (κ2) is 6.04. The molecule has 0 fully saturated rings. The van der Waals surface area contributed by atoms with Gasteiger partial charge in [-0.2, -0.15) is 0 Å². The Morgan fingerprint density at radius 3 is 2.33 bits per heavy atom. The molecule has 0 spiro atoms. The van der Waals surface area contributed by atoms with Crippen molar-refractivity contribution in [2.75, 3.05) is 12.8 Å². The van der Waals surface area contributed by atoms with Gasteiger partial charge in [-0.25, -0.2) is 0 Å². The van der Waals surface area contributed by atoms with Gasteiger partial charge < -0.3 is 10.5 Å². The first-order valence-corrected chi connectivity index (χ1v) is 7.13. The van der Waals surface area contributed by atoms with Crippen molar-refractivity contribution in [2.24, 2.45) is 5.41 Å². The third-order valence-corrected chi connectivity index (χ3v) is 3.27. The van der Waals surface area contributed by atoms with Crippen LogP contribution in [0.15, 0.2) is 48.5 Å². The molecule has 0 aliphatic heterocycles. The number of nitrogens with two attached hydrogens (primary N) is 1. The highest BCUT2D eigenvalue weighted by atomic mass is 16.5. The van der Waals surface area contributed by atoms with Crippen molar-refractivity contribution in [3.63, 3.8) is 0 Å². The molecule has 0 saturated carbocycles. The Balaban J connectivity index is 2.56. The molecule has 2 nitrogen and oxygen atoms in total. The van der Waals surface area contributed by atoms with E-state index in [1.54, 1.807) is 7.11 Å². The molecule has 110 valence electrons. The molecule has 2 heteroatoms. The first-order valence-electron chi connectivity index (χ1n) is 7.13. The predicted molar refractivity (Wildman–Crippen MR) is 91.3 cm³/mol. The fourth-order valence-electron chi connectivity index (χ4n) is 2.13. The molecule has 2 N–H and O–H groups in total. The maximum atomic E-state index is 6.12. The molecular formula is C19H23NO. The van der Waals surface area contributed by atoms with Gasteiger partial charge in [-0.15, -0.1) is 0 Å². The number of nitrogen functional groups attached to an aromatic ring is 1. The Morgan fingerprint density at radius 1 is 1.00 bits per heavy atom. The van der Waals surface area contributed by atoms with Crippen molar-refractivity contribution in [3.8, 4) is 16.9 Å². The lowest BCUT2D eigenvalue weighted by Crippen LogP contribution is -1.98. The quantitative estimate of drug-likeness (QED) is 0.803. The lowest BCUT2D eigenvalue weighted by Gasteiger charge is -2.14. The molecule has 21 heavy (non-hydrogen) atoms. The molecule has 2 aromatic carbocycles. The predicted octanol–water partition coefficient (Wildman–Crippen LogP) is 5.00. The van der Waals surface area contributed by atoms with Crippen LogP contribution >= 0.6 is 0 Å². The van der Waals surface area contributed by atoms with Crippen molar-refractivity contribution in [1.29, 1.82) is 0 Å². The molecule has 2 rings (SSSR count). The summed E-state index contributed by atoms with van der Waals surface area (Å²) in [6.45, 7) is 6.54. The van der Waals surface area contributed by atoms with Crippen molar-refractivity contribution >= 4 is 11.8 Å². The topological polar surface area (TPSA) is 35.2 Å². The van der Waals surface area contributed by atoms with Crippen LogP contribution in [-0.4, -0.2) is 7.11 Å². The number of benzene rings is 2. The van der Waals surface area contributed by atoms with Gasteiger partial charge in [0.25, 0.3) is 0 Å². The molecule has 0 aliphatic rings. The number of anilines is 1. The Bertz CT molecular complexity index is 651. The van der Waals surface area contributed by atoms with Crippen LogP contribution in [0.25, 0.3) is 17.2 Å². The molecule has 0 aliphatic carbocycles. The van der Waals surface area contributed by atoms with Gasteiger partial charge in [-0.1, -0.05) is 57.2 Å². The molecule has 2 aromatic rings. The summed E-state index contributed by atoms with van der Waals surface area (Å²) in [5, 5.41) is 0. The average molecular weight is 281 g/mol. The van der Waals surface area contributed by atoms with Gasteiger partial charge in [-0.3, -0.25) is 0 Å². The van der Waals surface area contributed by atoms with Crippen LogP contribution in [0.4, 0.5) is 5.69 Å². The zero-order valence-electron chi connectivity index (χ0n) is 13.2. The summed E-state index contributed by atoms with van der Waals surface area (Å²) in [5.41, 5.74) is 10.3. The zero-order valence-corrected chi connectivity index (χ0v) is 13.2. The van der Waals surface area contributed by atoms with Crippen molar-refractivity contribution in [2.45, 2.75) is 20.8 Å². The number of methoxy groups -OCH3 is 1. The summed E-state index contributed by atoms with van der Waals surface area (Å²) in [7, 11) is 1.68. The largest absolute Gasteiger partial charge is 0.497 e. The summed E-state index contributed by atoms with van der Waals surface area (Å²) >= 11 is 0. The van der Waals surface area contributed by atoms with E-state index in [1.807, 2.05) is 36.4 Å². The first-order chi connectivity index (χ1) is 9.90. The molecule has 0 radical (unpaired) electrons. The van der Waals surface area contributed by atoms with E-state index >= 15 is 0 Å². The van der Waals surface area contributed by atoms with Crippen LogP contribution in [0, 0.1) is 5.41 Å². The number of rotatable bonds is 3. The number of ether oxygens (including phenoxy) is 1. The molecule has 0 heterocycles. The molecule has 0 aromatic heterocycles. The highest BCUT2D eigenvalue weighted by Gasteiger charge is 2.09. The van der Waals surface area contributed by atoms with Crippen molar-refractivity contribution in [1.82, 2.24) is 0 Å². The van der Waals surface area contributed by atoms with Crippen LogP contribution in [0.3, 0.4) is 0 Å². The normalized spacial score (nSPS) is 11.8. The Morgan fingerprint density at radius 2 is 1.71 bits per heavy atom. The van der Waals surface area contributed by atoms with E-state index in [9.17, 15) is 0 Å². The van der Waals surface area contributed by atoms with Crippen LogP contribution in [0.5, 0.6) is 5.75 Å². The van der Waals surface area contributed by atoms with Gasteiger partial charge in [0.1, 0.15) is 5.75 Å². The maximum absolute atomic E-state index is 6.12. The summed E-state index contributed by atoms with van der Waals surface area (Å²) < 4.78 is 5.34. The summed E-state index contributed by atoms with van der Waals surface area (Å²) in [4.78, 5) is 0. The number of hydrogen-bond acceptors (Lipinski definition) is 2. The Hall–Kier alpha value is -2.22. The van der Waals surface area contributed by atoms with E-state index in [4.69, 9.17) is 10.5 Å². The average Bonchev–Trinajstić information content (AvgIpc) is 2.45. The standard InChI is InChI=1S/C19H23NO/c1-19(2,3)12-11-14-13-15(21-4)9-10-16(14)17-7-5-6-8-18(17)20/h5-13H,20H2,1-4H3/b12-11+. The van der Waals surface area contributed by atoms with Crippen LogP contribution in [-0.2, 0) is 0 Å². The van der Waals surface area contributed by atoms with E-state index in [-0.39, 0.29) is 5.41 Å². The first kappa shape index (κ1) is 15.2. The summed E-state index contributed by atoms with van der Waals surface area (Å²) in [6.07, 6.45) is 4.34. The zero-order chi connectivity index (χ0) is 15.5. The minimum atomic E-state index is 0.128. The number of allylic oxidation sites excluding steroid dienone is 1. The second-order valence-electron chi connectivity index (χ2n) is 6.24. The summed E-state index contributed by atoms with van der Waals surface area (Å²) in [5.74, 6) is 0.849. The molecule has 0 bridgehead atoms. The van der Waals surface area contributed by atoms with E-state index in [2.05, 4.69) is 39.0 Å². The van der Waals surface area contributed by atoms with Crippen LogP contribution in [0.1, 0.15) is 26.3 Å². The van der Waals surface area contributed by atoms with E-state index in [0.29, 0.717) is 0 Å². The van der Waals surface area contributed by atoms with Crippen LogP contribution < -0.4 is 10.5 Å². The number of hydrogen-bond donors (Lipinski definition) is 1. The Kier molecular flexibility index (Phi) is 4.37. The smallest absolute Gasteiger partial charge is 0.119 e. The van der Waals surface area contributed by atoms with Crippen LogP contribution in [0.2, 0.25) is 0 Å². The molecule has 0 saturated heterocycles. The van der Waals surface area contributed by atoms with E-state index in [1.165, 1.54) is 0 Å². The molecule has 0 unspecified atom stereocenters. The summed E-state index contributed by atoms with van der Waals surface area (Å²) in [6, 6.07) is 14.0. The minimum Gasteiger partial charge on any atom is -0.497 e. The van der Waals surface area contributed by atoms with Gasteiger partial charge in [0, 0.05) is 11.3 Å². The monoisotopic (exact) mass is 281 g/mol. The highest BCUT2D eigenvalue weighted by Crippen LogP contribution is 2.32. The van der Waals surface area contributed by atoms with Gasteiger partial charge in [-0.05, 0) is 34.7 Å². The lowest BCUT2D eigenvalue weighted by atomic mass is 9.92. The second-order valence-corrected chi connectivity index (χ2v) is 6.24. The fourth-order valence-corrected chi connectivity index (χ4v) is 2.13. The fraction of sp³-hybridized carbons (Fsp3) is 0.263. The lowest BCUT2D eigenvalue weighted by molar-refractivity contribution is 0.415. The highest BCUT2D eigenvalue weighted by molar-refractivity contribution is 5.83. The number of para-hydroxylation sites is 1. The third kappa shape index (κ3) is 3.88. The van der Waals surface area contributed by atoms with Crippen molar-refractivity contribution < 1.29 is 4.74 Å². The van der Waals surface area contributed by atoms with Gasteiger partial charge in [0.15, 0.2) is 0 Å². The molecule has 0 atom stereocenters. The maximum Gasteiger partial charge on any atom is 0.119 e. The SMILES string of the molecule is COc1ccc(-c2ccccc2N)c(/C=C/C(C)(C)C)c1.